The first-order valence-corrected chi connectivity index (χ1v) is 6.29. The first kappa shape index (κ1) is 12.7. The topological polar surface area (TPSA) is 50.9 Å². The van der Waals surface area contributed by atoms with Gasteiger partial charge >= 0.3 is 0 Å². The van der Waals surface area contributed by atoms with Crippen molar-refractivity contribution in [3.05, 3.63) is 52.7 Å². The molecule has 0 saturated heterocycles. The van der Waals surface area contributed by atoms with E-state index in [0.29, 0.717) is 23.1 Å². The van der Waals surface area contributed by atoms with Crippen molar-refractivity contribution in [1.82, 2.24) is 4.98 Å². The van der Waals surface area contributed by atoms with Crippen LogP contribution in [0.25, 0.3) is 0 Å². The molecule has 0 amide bonds. The zero-order chi connectivity index (χ0) is 13.0. The largest absolute Gasteiger partial charge is 0.396 e. The lowest BCUT2D eigenvalue weighted by atomic mass is 10.1. The fourth-order valence-electron chi connectivity index (χ4n) is 1.68. The van der Waals surface area contributed by atoms with Crippen LogP contribution in [0.4, 0.5) is 11.5 Å². The molecule has 0 atom stereocenters. The minimum Gasteiger partial charge on any atom is -0.396 e. The molecular formula is C14H16ClN3. The van der Waals surface area contributed by atoms with Crippen LogP contribution in [-0.2, 0) is 13.0 Å². The number of benzene rings is 1. The normalized spacial score (nSPS) is 10.3. The molecular weight excluding hydrogens is 246 g/mol. The molecule has 0 bridgehead atoms. The molecule has 1 heterocycles. The second-order valence-corrected chi connectivity index (χ2v) is 4.55. The molecule has 18 heavy (non-hydrogen) atoms. The van der Waals surface area contributed by atoms with Crippen LogP contribution in [0.15, 0.2) is 36.5 Å². The van der Waals surface area contributed by atoms with Crippen LogP contribution in [0.3, 0.4) is 0 Å². The molecule has 2 rings (SSSR count). The minimum atomic E-state index is 0.547. The quantitative estimate of drug-likeness (QED) is 0.886. The van der Waals surface area contributed by atoms with Crippen molar-refractivity contribution in [3.8, 4) is 0 Å². The van der Waals surface area contributed by atoms with Gasteiger partial charge in [-0.25, -0.2) is 4.98 Å². The molecule has 3 nitrogen and oxygen atoms in total. The van der Waals surface area contributed by atoms with Crippen LogP contribution in [0.2, 0.25) is 5.02 Å². The molecule has 0 saturated carbocycles. The van der Waals surface area contributed by atoms with Gasteiger partial charge < -0.3 is 11.1 Å². The average molecular weight is 262 g/mol. The summed E-state index contributed by atoms with van der Waals surface area (Å²) in [5, 5.41) is 3.75. The van der Waals surface area contributed by atoms with Crippen molar-refractivity contribution in [2.75, 3.05) is 11.1 Å². The van der Waals surface area contributed by atoms with Crippen LogP contribution < -0.4 is 11.1 Å². The fourth-order valence-corrected chi connectivity index (χ4v) is 1.85. The molecule has 94 valence electrons. The van der Waals surface area contributed by atoms with Gasteiger partial charge in [-0.05, 0) is 23.6 Å². The summed E-state index contributed by atoms with van der Waals surface area (Å²) in [5.74, 6) is 0.666. The van der Waals surface area contributed by atoms with E-state index in [1.54, 1.807) is 12.3 Å². The lowest BCUT2D eigenvalue weighted by Gasteiger charge is -2.08. The van der Waals surface area contributed by atoms with Crippen molar-refractivity contribution >= 4 is 23.1 Å². The van der Waals surface area contributed by atoms with E-state index in [0.717, 1.165) is 6.42 Å². The molecule has 0 unspecified atom stereocenters. The van der Waals surface area contributed by atoms with Crippen molar-refractivity contribution in [2.24, 2.45) is 0 Å². The standard InChI is InChI=1S/C14H16ClN3/c1-2-10-3-5-11(6-4-10)8-17-14-13(16)7-12(15)9-18-14/h3-7,9H,2,8,16H2,1H3,(H,17,18). The van der Waals surface area contributed by atoms with Gasteiger partial charge in [0.2, 0.25) is 0 Å². The highest BCUT2D eigenvalue weighted by Gasteiger charge is 2.01. The van der Waals surface area contributed by atoms with Crippen LogP contribution in [-0.4, -0.2) is 4.98 Å². The third-order valence-electron chi connectivity index (χ3n) is 2.77. The van der Waals surface area contributed by atoms with E-state index in [4.69, 9.17) is 17.3 Å². The van der Waals surface area contributed by atoms with E-state index in [9.17, 15) is 0 Å². The Morgan fingerprint density at radius 3 is 2.50 bits per heavy atom. The predicted molar refractivity (Wildman–Crippen MR) is 76.8 cm³/mol. The first-order valence-electron chi connectivity index (χ1n) is 5.91. The number of hydrogen-bond donors (Lipinski definition) is 2. The number of anilines is 2. The van der Waals surface area contributed by atoms with Crippen molar-refractivity contribution < 1.29 is 0 Å². The SMILES string of the molecule is CCc1ccc(CNc2ncc(Cl)cc2N)cc1. The van der Waals surface area contributed by atoms with Crippen molar-refractivity contribution in [1.29, 1.82) is 0 Å². The molecule has 0 fully saturated rings. The third-order valence-corrected chi connectivity index (χ3v) is 2.98. The summed E-state index contributed by atoms with van der Waals surface area (Å²) in [6.07, 6.45) is 2.64. The van der Waals surface area contributed by atoms with Gasteiger partial charge in [-0.1, -0.05) is 42.8 Å². The summed E-state index contributed by atoms with van der Waals surface area (Å²) >= 11 is 5.80. The Balaban J connectivity index is 2.02. The van der Waals surface area contributed by atoms with Gasteiger partial charge in [-0.15, -0.1) is 0 Å². The van der Waals surface area contributed by atoms with Crippen LogP contribution in [0.1, 0.15) is 18.1 Å². The van der Waals surface area contributed by atoms with E-state index in [2.05, 4.69) is 41.5 Å². The number of aromatic nitrogens is 1. The lowest BCUT2D eigenvalue weighted by molar-refractivity contribution is 1.09. The highest BCUT2D eigenvalue weighted by atomic mass is 35.5. The van der Waals surface area contributed by atoms with E-state index in [-0.39, 0.29) is 0 Å². The molecule has 0 aliphatic rings. The number of rotatable bonds is 4. The van der Waals surface area contributed by atoms with E-state index < -0.39 is 0 Å². The smallest absolute Gasteiger partial charge is 0.149 e. The first-order chi connectivity index (χ1) is 8.69. The monoisotopic (exact) mass is 261 g/mol. The maximum absolute atomic E-state index is 5.82. The van der Waals surface area contributed by atoms with Crippen molar-refractivity contribution in [3.63, 3.8) is 0 Å². The number of nitrogen functional groups attached to an aromatic ring is 1. The summed E-state index contributed by atoms with van der Waals surface area (Å²) in [7, 11) is 0. The zero-order valence-electron chi connectivity index (χ0n) is 10.3. The number of nitrogens with zero attached hydrogens (tertiary/aromatic N) is 1. The highest BCUT2D eigenvalue weighted by Crippen LogP contribution is 2.20. The number of nitrogens with one attached hydrogen (secondary N) is 1. The Morgan fingerprint density at radius 2 is 1.89 bits per heavy atom. The highest BCUT2D eigenvalue weighted by molar-refractivity contribution is 6.30. The van der Waals surface area contributed by atoms with Gasteiger partial charge in [-0.2, -0.15) is 0 Å². The Labute approximate surface area is 112 Å². The van der Waals surface area contributed by atoms with Crippen LogP contribution in [0, 0.1) is 0 Å². The van der Waals surface area contributed by atoms with Gasteiger partial charge in [0.15, 0.2) is 0 Å². The number of hydrogen-bond acceptors (Lipinski definition) is 3. The third kappa shape index (κ3) is 3.14. The van der Waals surface area contributed by atoms with E-state index in [1.165, 1.54) is 11.1 Å². The number of nitrogens with two attached hydrogens (primary N) is 1. The minimum absolute atomic E-state index is 0.547. The Kier molecular flexibility index (Phi) is 4.05. The molecule has 0 aliphatic heterocycles. The van der Waals surface area contributed by atoms with Crippen LogP contribution in [0.5, 0.6) is 0 Å². The van der Waals surface area contributed by atoms with Crippen LogP contribution >= 0.6 is 11.6 Å². The molecule has 0 spiro atoms. The zero-order valence-corrected chi connectivity index (χ0v) is 11.0. The second-order valence-electron chi connectivity index (χ2n) is 4.11. The average Bonchev–Trinajstić information content (AvgIpc) is 2.38. The van der Waals surface area contributed by atoms with Gasteiger partial charge in [-0.3, -0.25) is 0 Å². The maximum atomic E-state index is 5.82. The molecule has 4 heteroatoms. The summed E-state index contributed by atoms with van der Waals surface area (Å²) in [6, 6.07) is 10.2. The molecule has 2 aromatic rings. The summed E-state index contributed by atoms with van der Waals surface area (Å²) in [4.78, 5) is 4.16. The maximum Gasteiger partial charge on any atom is 0.149 e. The lowest BCUT2D eigenvalue weighted by Crippen LogP contribution is -2.04. The number of halogens is 1. The Morgan fingerprint density at radius 1 is 1.22 bits per heavy atom. The van der Waals surface area contributed by atoms with E-state index in [1.807, 2.05) is 0 Å². The number of aryl methyl sites for hydroxylation is 1. The van der Waals surface area contributed by atoms with Crippen molar-refractivity contribution in [2.45, 2.75) is 19.9 Å². The summed E-state index contributed by atoms with van der Waals surface area (Å²) in [6.45, 7) is 2.84. The van der Waals surface area contributed by atoms with Gasteiger partial charge in [0.25, 0.3) is 0 Å². The predicted octanol–water partition coefficient (Wildman–Crippen LogP) is 3.49. The molecule has 0 radical (unpaired) electrons. The Bertz CT molecular complexity index is 523. The molecule has 0 aliphatic carbocycles. The molecule has 1 aromatic heterocycles. The summed E-state index contributed by atoms with van der Waals surface area (Å²) in [5.41, 5.74) is 8.92. The molecule has 3 N–H and O–H groups in total. The fraction of sp³-hybridized carbons (Fsp3) is 0.214. The second kappa shape index (κ2) is 5.74. The summed E-state index contributed by atoms with van der Waals surface area (Å²) < 4.78 is 0. The molecule has 1 aromatic carbocycles. The van der Waals surface area contributed by atoms with Gasteiger partial charge in [0.05, 0.1) is 10.7 Å². The van der Waals surface area contributed by atoms with Gasteiger partial charge in [0, 0.05) is 12.7 Å². The van der Waals surface area contributed by atoms with Gasteiger partial charge in [0.1, 0.15) is 5.82 Å². The Hall–Kier alpha value is -1.74. The number of pyridine rings is 1. The van der Waals surface area contributed by atoms with E-state index >= 15 is 0 Å².